The van der Waals surface area contributed by atoms with E-state index in [4.69, 9.17) is 16.3 Å². The second-order valence-electron chi connectivity index (χ2n) is 5.61. The van der Waals surface area contributed by atoms with Crippen molar-refractivity contribution < 1.29 is 9.53 Å². The van der Waals surface area contributed by atoms with E-state index in [1.54, 1.807) is 31.5 Å². The predicted octanol–water partition coefficient (Wildman–Crippen LogP) is 2.98. The first-order valence-corrected chi connectivity index (χ1v) is 7.75. The zero-order valence-corrected chi connectivity index (χ0v) is 13.9. The number of methoxy groups -OCH3 is 1. The minimum Gasteiger partial charge on any atom is -0.495 e. The zero-order chi connectivity index (χ0) is 16.4. The number of ether oxygens (including phenoxy) is 1. The number of likely N-dealkylation sites (N-methyl/N-ethyl adjacent to an activating group) is 1. The zero-order valence-electron chi connectivity index (χ0n) is 13.1. The van der Waals surface area contributed by atoms with Crippen LogP contribution in [0.25, 0.3) is 0 Å². The lowest BCUT2D eigenvalue weighted by molar-refractivity contribution is 0.102. The number of carbonyl (C=O) groups excluding carboxylic acids is 1. The van der Waals surface area contributed by atoms with Gasteiger partial charge >= 0.3 is 0 Å². The van der Waals surface area contributed by atoms with Crippen LogP contribution in [0.4, 0.5) is 5.69 Å². The number of amides is 1. The van der Waals surface area contributed by atoms with Crippen LogP contribution in [-0.2, 0) is 13.0 Å². The average Bonchev–Trinajstić information content (AvgIpc) is 2.54. The molecule has 0 fully saturated rings. The van der Waals surface area contributed by atoms with Gasteiger partial charge in [0, 0.05) is 30.5 Å². The van der Waals surface area contributed by atoms with E-state index in [1.807, 2.05) is 6.20 Å². The molecule has 0 atom stereocenters. The van der Waals surface area contributed by atoms with Gasteiger partial charge in [0.2, 0.25) is 0 Å². The van der Waals surface area contributed by atoms with E-state index in [0.717, 1.165) is 30.6 Å². The van der Waals surface area contributed by atoms with Crippen LogP contribution in [0.2, 0.25) is 5.02 Å². The Morgan fingerprint density at radius 2 is 2.22 bits per heavy atom. The molecule has 0 saturated heterocycles. The smallest absolute Gasteiger partial charge is 0.257 e. The fraction of sp³-hybridized carbons (Fsp3) is 0.294. The number of aromatic nitrogens is 1. The van der Waals surface area contributed by atoms with Crippen LogP contribution in [0.15, 0.2) is 30.6 Å². The van der Waals surface area contributed by atoms with Gasteiger partial charge in [-0.25, -0.2) is 0 Å². The van der Waals surface area contributed by atoms with E-state index in [0.29, 0.717) is 22.0 Å². The molecular formula is C17H18ClN3O2. The van der Waals surface area contributed by atoms with E-state index in [-0.39, 0.29) is 5.91 Å². The maximum atomic E-state index is 12.7. The van der Waals surface area contributed by atoms with Crippen LogP contribution in [-0.4, -0.2) is 36.5 Å². The van der Waals surface area contributed by atoms with Crippen molar-refractivity contribution in [3.8, 4) is 5.75 Å². The highest BCUT2D eigenvalue weighted by Crippen LogP contribution is 2.29. The summed E-state index contributed by atoms with van der Waals surface area (Å²) in [6, 6.07) is 5.12. The van der Waals surface area contributed by atoms with E-state index in [2.05, 4.69) is 22.2 Å². The third kappa shape index (κ3) is 3.30. The Balaban J connectivity index is 1.90. The van der Waals surface area contributed by atoms with E-state index < -0.39 is 0 Å². The molecule has 0 spiro atoms. The number of hydrogen-bond donors (Lipinski definition) is 1. The van der Waals surface area contributed by atoms with Crippen LogP contribution in [0.1, 0.15) is 21.5 Å². The molecule has 2 aromatic rings. The molecule has 3 rings (SSSR count). The summed E-state index contributed by atoms with van der Waals surface area (Å²) in [6.45, 7) is 1.74. The van der Waals surface area contributed by atoms with Gasteiger partial charge in [-0.15, -0.1) is 0 Å². The molecule has 5 nitrogen and oxygen atoms in total. The van der Waals surface area contributed by atoms with E-state index in [1.165, 1.54) is 0 Å². The molecule has 0 saturated carbocycles. The highest BCUT2D eigenvalue weighted by molar-refractivity contribution is 6.31. The lowest BCUT2D eigenvalue weighted by atomic mass is 9.97. The predicted molar refractivity (Wildman–Crippen MR) is 90.2 cm³/mol. The van der Waals surface area contributed by atoms with Gasteiger partial charge in [-0.3, -0.25) is 9.78 Å². The molecule has 2 heterocycles. The maximum absolute atomic E-state index is 12.7. The third-order valence-corrected chi connectivity index (χ3v) is 4.22. The quantitative estimate of drug-likeness (QED) is 0.939. The number of nitrogens with one attached hydrogen (secondary N) is 1. The number of rotatable bonds is 3. The number of hydrogen-bond acceptors (Lipinski definition) is 4. The van der Waals surface area contributed by atoms with Crippen molar-refractivity contribution in [2.75, 3.05) is 26.0 Å². The van der Waals surface area contributed by atoms with Gasteiger partial charge in [-0.1, -0.05) is 11.6 Å². The normalized spacial score (nSPS) is 14.2. The summed E-state index contributed by atoms with van der Waals surface area (Å²) >= 11 is 6.01. The van der Waals surface area contributed by atoms with Crippen molar-refractivity contribution in [2.45, 2.75) is 13.0 Å². The summed E-state index contributed by atoms with van der Waals surface area (Å²) in [4.78, 5) is 19.1. The monoisotopic (exact) mass is 331 g/mol. The Morgan fingerprint density at radius 3 is 3.00 bits per heavy atom. The summed E-state index contributed by atoms with van der Waals surface area (Å²) in [5.74, 6) is 0.375. The van der Waals surface area contributed by atoms with Gasteiger partial charge in [0.25, 0.3) is 5.91 Å². The molecule has 0 bridgehead atoms. The molecule has 23 heavy (non-hydrogen) atoms. The highest BCUT2D eigenvalue weighted by atomic mass is 35.5. The average molecular weight is 332 g/mol. The maximum Gasteiger partial charge on any atom is 0.257 e. The van der Waals surface area contributed by atoms with Gasteiger partial charge in [-0.2, -0.15) is 0 Å². The fourth-order valence-electron chi connectivity index (χ4n) is 2.80. The molecule has 1 aliphatic heterocycles. The summed E-state index contributed by atoms with van der Waals surface area (Å²) in [5, 5.41) is 3.42. The molecule has 0 radical (unpaired) electrons. The Hall–Kier alpha value is -2.11. The Bertz CT molecular complexity index is 749. The molecule has 1 aromatic heterocycles. The molecule has 0 unspecified atom stereocenters. The number of pyridine rings is 1. The first-order chi connectivity index (χ1) is 11.1. The number of anilines is 1. The van der Waals surface area contributed by atoms with Crippen LogP contribution in [0.3, 0.4) is 0 Å². The van der Waals surface area contributed by atoms with E-state index in [9.17, 15) is 4.79 Å². The summed E-state index contributed by atoms with van der Waals surface area (Å²) in [5.41, 5.74) is 3.33. The summed E-state index contributed by atoms with van der Waals surface area (Å²) in [6.07, 6.45) is 4.29. The van der Waals surface area contributed by atoms with Gasteiger partial charge in [0.15, 0.2) is 0 Å². The third-order valence-electron chi connectivity index (χ3n) is 3.98. The molecule has 6 heteroatoms. The van der Waals surface area contributed by atoms with Crippen LogP contribution in [0, 0.1) is 0 Å². The standard InChI is InChI=1S/C17H18ClN3O2/c1-21-6-5-13-11(10-21)8-19-9-14(13)17(22)20-15-7-12(18)3-4-16(15)23-2/h3-4,7-9H,5-6,10H2,1-2H3,(H,20,22). The van der Waals surface area contributed by atoms with Crippen LogP contribution < -0.4 is 10.1 Å². The molecular weight excluding hydrogens is 314 g/mol. The molecule has 1 aromatic carbocycles. The molecule has 120 valence electrons. The number of nitrogens with zero attached hydrogens (tertiary/aromatic N) is 2. The topological polar surface area (TPSA) is 54.5 Å². The van der Waals surface area contributed by atoms with Crippen molar-refractivity contribution in [3.05, 3.63) is 52.3 Å². The number of benzene rings is 1. The first kappa shape index (κ1) is 15.8. The van der Waals surface area contributed by atoms with E-state index >= 15 is 0 Å². The second-order valence-corrected chi connectivity index (χ2v) is 6.05. The van der Waals surface area contributed by atoms with Gasteiger partial charge in [0.05, 0.1) is 18.4 Å². The molecule has 1 amide bonds. The number of carbonyl (C=O) groups is 1. The van der Waals surface area contributed by atoms with Crippen LogP contribution in [0.5, 0.6) is 5.75 Å². The summed E-state index contributed by atoms with van der Waals surface area (Å²) in [7, 11) is 3.62. The second kappa shape index (κ2) is 6.56. The van der Waals surface area contributed by atoms with Crippen LogP contribution >= 0.6 is 11.6 Å². The SMILES string of the molecule is COc1ccc(Cl)cc1NC(=O)c1cncc2c1CCN(C)C2. The lowest BCUT2D eigenvalue weighted by Gasteiger charge is -2.26. The van der Waals surface area contributed by atoms with Crippen molar-refractivity contribution >= 4 is 23.2 Å². The highest BCUT2D eigenvalue weighted by Gasteiger charge is 2.21. The van der Waals surface area contributed by atoms with Crippen molar-refractivity contribution in [1.29, 1.82) is 0 Å². The molecule has 1 aliphatic rings. The van der Waals surface area contributed by atoms with Gasteiger partial charge in [0.1, 0.15) is 5.75 Å². The van der Waals surface area contributed by atoms with Gasteiger partial charge in [-0.05, 0) is 42.8 Å². The fourth-order valence-corrected chi connectivity index (χ4v) is 2.97. The number of fused-ring (bicyclic) bond motifs is 1. The van der Waals surface area contributed by atoms with Crippen molar-refractivity contribution in [3.63, 3.8) is 0 Å². The Kier molecular flexibility index (Phi) is 4.50. The van der Waals surface area contributed by atoms with Crippen molar-refractivity contribution in [2.24, 2.45) is 0 Å². The Morgan fingerprint density at radius 1 is 1.39 bits per heavy atom. The first-order valence-electron chi connectivity index (χ1n) is 7.37. The Labute approximate surface area is 140 Å². The van der Waals surface area contributed by atoms with Gasteiger partial charge < -0.3 is 15.0 Å². The minimum atomic E-state index is -0.195. The number of halogens is 1. The minimum absolute atomic E-state index is 0.195. The molecule has 1 N–H and O–H groups in total. The van der Waals surface area contributed by atoms with Crippen molar-refractivity contribution in [1.82, 2.24) is 9.88 Å². The molecule has 0 aliphatic carbocycles. The largest absolute Gasteiger partial charge is 0.495 e. The lowest BCUT2D eigenvalue weighted by Crippen LogP contribution is -2.29. The summed E-state index contributed by atoms with van der Waals surface area (Å²) < 4.78 is 5.27.